The van der Waals surface area contributed by atoms with Crippen LogP contribution >= 0.6 is 0 Å². The zero-order chi connectivity index (χ0) is 12.5. The first-order valence-corrected chi connectivity index (χ1v) is 5.71. The fourth-order valence-corrected chi connectivity index (χ4v) is 1.94. The number of amides is 1. The van der Waals surface area contributed by atoms with Crippen molar-refractivity contribution in [2.24, 2.45) is 0 Å². The van der Waals surface area contributed by atoms with Gasteiger partial charge in [0.15, 0.2) is 0 Å². The minimum Gasteiger partial charge on any atom is -0.324 e. The quantitative estimate of drug-likeness (QED) is 0.798. The van der Waals surface area contributed by atoms with Crippen molar-refractivity contribution in [3.8, 4) is 12.3 Å². The van der Waals surface area contributed by atoms with E-state index in [1.165, 1.54) is 0 Å². The Kier molecular flexibility index (Phi) is 2.45. The van der Waals surface area contributed by atoms with E-state index < -0.39 is 0 Å². The molecule has 0 aromatic carbocycles. The predicted octanol–water partition coefficient (Wildman–Crippen LogP) is 0.591. The molecule has 6 heteroatoms. The number of terminal acetylenes is 1. The molecule has 1 aliphatic rings. The molecule has 2 aromatic rings. The number of fused-ring (bicyclic) bond motifs is 1. The Balaban J connectivity index is 2.00. The van der Waals surface area contributed by atoms with Crippen LogP contribution in [0.2, 0.25) is 0 Å². The SMILES string of the molecule is C#CCN(C(=O)c1ccnc2n[nH]nc12)C1CC1. The molecular weight excluding hydrogens is 230 g/mol. The third-order valence-corrected chi connectivity index (χ3v) is 2.96. The molecule has 3 rings (SSSR count). The first-order valence-electron chi connectivity index (χ1n) is 5.71. The maximum atomic E-state index is 12.4. The number of hydrogen-bond acceptors (Lipinski definition) is 4. The average molecular weight is 241 g/mol. The van der Waals surface area contributed by atoms with Crippen molar-refractivity contribution in [3.05, 3.63) is 17.8 Å². The predicted molar refractivity (Wildman–Crippen MR) is 64.6 cm³/mol. The van der Waals surface area contributed by atoms with Gasteiger partial charge in [-0.1, -0.05) is 5.92 Å². The Hall–Kier alpha value is -2.42. The number of rotatable bonds is 3. The van der Waals surface area contributed by atoms with Gasteiger partial charge in [0.05, 0.1) is 12.1 Å². The second-order valence-electron chi connectivity index (χ2n) is 4.22. The molecule has 0 bridgehead atoms. The van der Waals surface area contributed by atoms with Crippen molar-refractivity contribution in [2.75, 3.05) is 6.54 Å². The number of nitrogens with zero attached hydrogens (tertiary/aromatic N) is 4. The molecule has 2 heterocycles. The summed E-state index contributed by atoms with van der Waals surface area (Å²) in [6.07, 6.45) is 8.90. The summed E-state index contributed by atoms with van der Waals surface area (Å²) in [5, 5.41) is 10.3. The van der Waals surface area contributed by atoms with E-state index in [2.05, 4.69) is 26.3 Å². The van der Waals surface area contributed by atoms with Gasteiger partial charge in [-0.3, -0.25) is 4.79 Å². The molecule has 0 radical (unpaired) electrons. The van der Waals surface area contributed by atoms with Crippen LogP contribution in [-0.2, 0) is 0 Å². The summed E-state index contributed by atoms with van der Waals surface area (Å²) in [5.74, 6) is 2.43. The summed E-state index contributed by atoms with van der Waals surface area (Å²) in [6, 6.07) is 1.92. The van der Waals surface area contributed by atoms with Crippen LogP contribution in [-0.4, -0.2) is 43.8 Å². The van der Waals surface area contributed by atoms with E-state index in [1.54, 1.807) is 17.2 Å². The fraction of sp³-hybridized carbons (Fsp3) is 0.333. The van der Waals surface area contributed by atoms with Crippen LogP contribution in [0.4, 0.5) is 0 Å². The molecule has 0 spiro atoms. The molecule has 0 saturated heterocycles. The lowest BCUT2D eigenvalue weighted by molar-refractivity contribution is 0.0767. The molecule has 1 aliphatic carbocycles. The summed E-state index contributed by atoms with van der Waals surface area (Å²) >= 11 is 0. The monoisotopic (exact) mass is 241 g/mol. The number of pyridine rings is 1. The molecule has 0 aliphatic heterocycles. The van der Waals surface area contributed by atoms with Gasteiger partial charge < -0.3 is 4.90 Å². The summed E-state index contributed by atoms with van der Waals surface area (Å²) in [6.45, 7) is 0.325. The second kappa shape index (κ2) is 4.11. The molecule has 2 aromatic heterocycles. The van der Waals surface area contributed by atoms with Gasteiger partial charge in [-0.25, -0.2) is 4.98 Å². The van der Waals surface area contributed by atoms with E-state index in [4.69, 9.17) is 6.42 Å². The summed E-state index contributed by atoms with van der Waals surface area (Å²) in [7, 11) is 0. The number of nitrogens with one attached hydrogen (secondary N) is 1. The highest BCUT2D eigenvalue weighted by atomic mass is 16.2. The molecular formula is C12H11N5O. The van der Waals surface area contributed by atoms with E-state index >= 15 is 0 Å². The number of H-pyrrole nitrogens is 1. The van der Waals surface area contributed by atoms with Gasteiger partial charge in [-0.05, 0) is 18.9 Å². The average Bonchev–Trinajstić information content (AvgIpc) is 3.11. The highest BCUT2D eigenvalue weighted by molar-refractivity contribution is 6.04. The number of aromatic amines is 1. The molecule has 18 heavy (non-hydrogen) atoms. The van der Waals surface area contributed by atoms with Crippen molar-refractivity contribution in [3.63, 3.8) is 0 Å². The van der Waals surface area contributed by atoms with E-state index in [0.29, 0.717) is 23.3 Å². The van der Waals surface area contributed by atoms with Gasteiger partial charge in [0.2, 0.25) is 5.65 Å². The minimum atomic E-state index is -0.100. The van der Waals surface area contributed by atoms with Crippen LogP contribution in [0.5, 0.6) is 0 Å². The summed E-state index contributed by atoms with van der Waals surface area (Å²) in [4.78, 5) is 18.2. The van der Waals surface area contributed by atoms with Gasteiger partial charge in [-0.15, -0.1) is 11.5 Å². The summed E-state index contributed by atoms with van der Waals surface area (Å²) < 4.78 is 0. The topological polar surface area (TPSA) is 74.8 Å². The highest BCUT2D eigenvalue weighted by Crippen LogP contribution is 2.28. The zero-order valence-corrected chi connectivity index (χ0v) is 9.63. The molecule has 0 atom stereocenters. The van der Waals surface area contributed by atoms with Crippen molar-refractivity contribution in [1.29, 1.82) is 0 Å². The van der Waals surface area contributed by atoms with E-state index in [9.17, 15) is 4.79 Å². The van der Waals surface area contributed by atoms with Crippen LogP contribution in [0.1, 0.15) is 23.2 Å². The van der Waals surface area contributed by atoms with Gasteiger partial charge in [0, 0.05) is 12.2 Å². The van der Waals surface area contributed by atoms with E-state index in [1.807, 2.05) is 0 Å². The Morgan fingerprint density at radius 1 is 1.56 bits per heavy atom. The Morgan fingerprint density at radius 2 is 2.39 bits per heavy atom. The van der Waals surface area contributed by atoms with Gasteiger partial charge in [0.25, 0.3) is 5.91 Å². The van der Waals surface area contributed by atoms with Gasteiger partial charge in [0.1, 0.15) is 5.52 Å². The largest absolute Gasteiger partial charge is 0.324 e. The molecule has 0 unspecified atom stereocenters. The molecule has 1 N–H and O–H groups in total. The van der Waals surface area contributed by atoms with E-state index in [0.717, 1.165) is 12.8 Å². The number of carbonyl (C=O) groups excluding carboxylic acids is 1. The number of carbonyl (C=O) groups is 1. The second-order valence-corrected chi connectivity index (χ2v) is 4.22. The molecule has 90 valence electrons. The molecule has 6 nitrogen and oxygen atoms in total. The van der Waals surface area contributed by atoms with E-state index in [-0.39, 0.29) is 11.9 Å². The standard InChI is InChI=1S/C12H11N5O/c1-2-7-17(8-3-4-8)12(18)9-5-6-13-11-10(9)14-16-15-11/h1,5-6,8H,3-4,7H2,(H,13,14,15,16). The molecule has 1 amide bonds. The Morgan fingerprint density at radius 3 is 3.11 bits per heavy atom. The smallest absolute Gasteiger partial charge is 0.257 e. The maximum absolute atomic E-state index is 12.4. The van der Waals surface area contributed by atoms with Crippen LogP contribution in [0.15, 0.2) is 12.3 Å². The lowest BCUT2D eigenvalue weighted by Gasteiger charge is -2.19. The highest BCUT2D eigenvalue weighted by Gasteiger charge is 2.33. The molecule has 1 saturated carbocycles. The van der Waals surface area contributed by atoms with Crippen molar-refractivity contribution in [1.82, 2.24) is 25.3 Å². The first kappa shape index (κ1) is 10.7. The van der Waals surface area contributed by atoms with Crippen molar-refractivity contribution < 1.29 is 4.79 Å². The third kappa shape index (κ3) is 1.70. The normalized spacial score (nSPS) is 14.4. The maximum Gasteiger partial charge on any atom is 0.257 e. The first-order chi connectivity index (χ1) is 8.81. The number of hydrogen-bond donors (Lipinski definition) is 1. The van der Waals surface area contributed by atoms with Crippen molar-refractivity contribution >= 4 is 17.1 Å². The van der Waals surface area contributed by atoms with Gasteiger partial charge >= 0.3 is 0 Å². The minimum absolute atomic E-state index is 0.100. The third-order valence-electron chi connectivity index (χ3n) is 2.96. The Bertz CT molecular complexity index is 637. The van der Waals surface area contributed by atoms with Crippen LogP contribution < -0.4 is 0 Å². The summed E-state index contributed by atoms with van der Waals surface area (Å²) in [5.41, 5.74) is 1.43. The van der Waals surface area contributed by atoms with Crippen LogP contribution in [0, 0.1) is 12.3 Å². The molecule has 1 fully saturated rings. The zero-order valence-electron chi connectivity index (χ0n) is 9.63. The number of aromatic nitrogens is 4. The van der Waals surface area contributed by atoms with Crippen LogP contribution in [0.25, 0.3) is 11.2 Å². The van der Waals surface area contributed by atoms with Gasteiger partial charge in [-0.2, -0.15) is 10.3 Å². The van der Waals surface area contributed by atoms with Crippen LogP contribution in [0.3, 0.4) is 0 Å². The van der Waals surface area contributed by atoms with Crippen molar-refractivity contribution in [2.45, 2.75) is 18.9 Å². The Labute approximate surface area is 103 Å². The fourth-order valence-electron chi connectivity index (χ4n) is 1.94. The lowest BCUT2D eigenvalue weighted by atomic mass is 10.2. The lowest BCUT2D eigenvalue weighted by Crippen LogP contribution is -2.33.